The molecule has 0 bridgehead atoms. The van der Waals surface area contributed by atoms with Crippen LogP contribution in [0.4, 0.5) is 14.9 Å². The molecule has 1 aliphatic heterocycles. The molecule has 3 aromatic carbocycles. The van der Waals surface area contributed by atoms with E-state index in [1.54, 1.807) is 31.2 Å². The molecule has 8 heteroatoms. The number of urea groups is 1. The zero-order valence-corrected chi connectivity index (χ0v) is 18.3. The summed E-state index contributed by atoms with van der Waals surface area (Å²) in [7, 11) is 0. The first-order valence-electron chi connectivity index (χ1n) is 10.2. The van der Waals surface area contributed by atoms with Crippen LogP contribution in [0.3, 0.4) is 0 Å². The molecule has 33 heavy (non-hydrogen) atoms. The summed E-state index contributed by atoms with van der Waals surface area (Å²) in [5.41, 5.74) is 3.33. The summed E-state index contributed by atoms with van der Waals surface area (Å²) in [6.45, 7) is 1.80. The minimum Gasteiger partial charge on any atom is -0.334 e. The summed E-state index contributed by atoms with van der Waals surface area (Å²) in [5.74, 6) is 0.261. The number of anilines is 1. The fourth-order valence-electron chi connectivity index (χ4n) is 3.89. The summed E-state index contributed by atoms with van der Waals surface area (Å²) in [6, 6.07) is 21.5. The number of nitrogens with zero attached hydrogens (tertiary/aromatic N) is 3. The number of rotatable bonds is 4. The van der Waals surface area contributed by atoms with Crippen molar-refractivity contribution in [1.29, 1.82) is 0 Å². The number of nitrogens with one attached hydrogen (secondary N) is 1. The van der Waals surface area contributed by atoms with Gasteiger partial charge in [0.1, 0.15) is 5.82 Å². The van der Waals surface area contributed by atoms with E-state index in [4.69, 9.17) is 16.1 Å². The molecular weight excluding hydrogens is 443 g/mol. The molecular formula is C25H18ClFN4O2. The number of amides is 2. The Morgan fingerprint density at radius 3 is 2.52 bits per heavy atom. The van der Waals surface area contributed by atoms with Crippen LogP contribution >= 0.6 is 11.6 Å². The van der Waals surface area contributed by atoms with Crippen LogP contribution in [0.5, 0.6) is 0 Å². The number of aromatic nitrogens is 2. The first-order valence-corrected chi connectivity index (χ1v) is 10.6. The molecule has 6 nitrogen and oxygen atoms in total. The monoisotopic (exact) mass is 460 g/mol. The van der Waals surface area contributed by atoms with E-state index >= 15 is 0 Å². The van der Waals surface area contributed by atoms with Crippen molar-refractivity contribution in [2.75, 3.05) is 4.90 Å². The van der Waals surface area contributed by atoms with E-state index in [2.05, 4.69) is 15.5 Å². The lowest BCUT2D eigenvalue weighted by atomic mass is 9.94. The predicted octanol–water partition coefficient (Wildman–Crippen LogP) is 6.23. The van der Waals surface area contributed by atoms with Crippen LogP contribution in [-0.2, 0) is 0 Å². The lowest BCUT2D eigenvalue weighted by molar-refractivity contribution is 0.244. The highest BCUT2D eigenvalue weighted by Gasteiger charge is 2.36. The molecule has 4 aromatic rings. The molecule has 1 aliphatic rings. The van der Waals surface area contributed by atoms with Crippen LogP contribution in [-0.4, -0.2) is 16.2 Å². The van der Waals surface area contributed by atoms with Crippen molar-refractivity contribution in [2.24, 2.45) is 0 Å². The smallest absolute Gasteiger partial charge is 0.326 e. The van der Waals surface area contributed by atoms with Crippen LogP contribution < -0.4 is 10.2 Å². The Morgan fingerprint density at radius 2 is 1.79 bits per heavy atom. The molecule has 0 saturated carbocycles. The Kier molecular flexibility index (Phi) is 5.40. The number of allylic oxidation sites excluding steroid dienone is 1. The molecule has 0 aliphatic carbocycles. The fraction of sp³-hybridized carbons (Fsp3) is 0.0800. The molecule has 0 radical (unpaired) electrons. The Hall–Kier alpha value is -3.97. The average molecular weight is 461 g/mol. The van der Waals surface area contributed by atoms with Crippen molar-refractivity contribution in [3.8, 4) is 11.4 Å². The summed E-state index contributed by atoms with van der Waals surface area (Å²) in [4.78, 5) is 19.2. The minimum absolute atomic E-state index is 0.267. The normalized spacial score (nSPS) is 16.2. The van der Waals surface area contributed by atoms with Gasteiger partial charge in [0.15, 0.2) is 0 Å². The molecule has 0 fully saturated rings. The second-order valence-electron chi connectivity index (χ2n) is 7.54. The van der Waals surface area contributed by atoms with Crippen molar-refractivity contribution < 1.29 is 13.7 Å². The van der Waals surface area contributed by atoms with Crippen LogP contribution in [0.2, 0.25) is 5.02 Å². The molecule has 1 aromatic heterocycles. The largest absolute Gasteiger partial charge is 0.334 e. The molecule has 1 unspecified atom stereocenters. The fourth-order valence-corrected chi connectivity index (χ4v) is 4.08. The number of halogens is 2. The highest BCUT2D eigenvalue weighted by Crippen LogP contribution is 2.39. The maximum Gasteiger partial charge on any atom is 0.326 e. The highest BCUT2D eigenvalue weighted by molar-refractivity contribution is 6.30. The van der Waals surface area contributed by atoms with Gasteiger partial charge in [-0.05, 0) is 48.9 Å². The Labute approximate surface area is 194 Å². The Morgan fingerprint density at radius 1 is 1.03 bits per heavy atom. The third-order valence-corrected chi connectivity index (χ3v) is 5.68. The van der Waals surface area contributed by atoms with Crippen LogP contribution in [0, 0.1) is 5.82 Å². The first-order chi connectivity index (χ1) is 16.0. The quantitative estimate of drug-likeness (QED) is 0.392. The van der Waals surface area contributed by atoms with Crippen molar-refractivity contribution in [2.45, 2.75) is 13.0 Å². The van der Waals surface area contributed by atoms with E-state index in [9.17, 15) is 9.18 Å². The average Bonchev–Trinajstić information content (AvgIpc) is 3.30. The molecule has 2 heterocycles. The van der Waals surface area contributed by atoms with Gasteiger partial charge in [-0.15, -0.1) is 0 Å². The first kappa shape index (κ1) is 20.9. The van der Waals surface area contributed by atoms with Crippen LogP contribution in [0.25, 0.3) is 17.0 Å². The van der Waals surface area contributed by atoms with Gasteiger partial charge in [0.25, 0.3) is 5.89 Å². The van der Waals surface area contributed by atoms with Gasteiger partial charge in [-0.2, -0.15) is 4.98 Å². The number of carbonyl (C=O) groups excluding carboxylic acids is 1. The summed E-state index contributed by atoms with van der Waals surface area (Å²) >= 11 is 6.11. The molecule has 5 rings (SSSR count). The van der Waals surface area contributed by atoms with Gasteiger partial charge in [0.2, 0.25) is 5.82 Å². The number of hydrogen-bond donors (Lipinski definition) is 1. The lowest BCUT2D eigenvalue weighted by Crippen LogP contribution is -2.46. The SMILES string of the molecule is CC1=C(c2nc(-c3cccc(Cl)c3)no2)C(c2ccccc2)NC(=O)N1c1ccc(F)cc1. The van der Waals surface area contributed by atoms with E-state index in [1.807, 2.05) is 42.5 Å². The summed E-state index contributed by atoms with van der Waals surface area (Å²) in [5, 5.41) is 7.71. The van der Waals surface area contributed by atoms with Gasteiger partial charge in [-0.25, -0.2) is 9.18 Å². The summed E-state index contributed by atoms with van der Waals surface area (Å²) < 4.78 is 19.2. The second-order valence-corrected chi connectivity index (χ2v) is 7.97. The molecule has 2 amide bonds. The van der Waals surface area contributed by atoms with Crippen molar-refractivity contribution in [1.82, 2.24) is 15.5 Å². The third-order valence-electron chi connectivity index (χ3n) is 5.44. The molecule has 0 spiro atoms. The van der Waals surface area contributed by atoms with Crippen molar-refractivity contribution >= 4 is 28.9 Å². The summed E-state index contributed by atoms with van der Waals surface area (Å²) in [6.07, 6.45) is 0. The van der Waals surface area contributed by atoms with Gasteiger partial charge in [-0.1, -0.05) is 59.2 Å². The maximum atomic E-state index is 13.5. The van der Waals surface area contributed by atoms with E-state index in [-0.39, 0.29) is 17.7 Å². The molecule has 0 saturated heterocycles. The zero-order valence-electron chi connectivity index (χ0n) is 17.5. The Balaban J connectivity index is 1.65. The molecule has 1 atom stereocenters. The van der Waals surface area contributed by atoms with Gasteiger partial charge >= 0.3 is 6.03 Å². The predicted molar refractivity (Wildman–Crippen MR) is 124 cm³/mol. The topological polar surface area (TPSA) is 71.3 Å². The Bertz CT molecular complexity index is 1350. The van der Waals surface area contributed by atoms with Crippen molar-refractivity contribution in [3.05, 3.63) is 107 Å². The highest BCUT2D eigenvalue weighted by atomic mass is 35.5. The van der Waals surface area contributed by atoms with Crippen LogP contribution in [0.1, 0.15) is 24.4 Å². The maximum absolute atomic E-state index is 13.5. The number of benzene rings is 3. The third kappa shape index (κ3) is 3.99. The van der Waals surface area contributed by atoms with E-state index in [0.717, 1.165) is 5.56 Å². The van der Waals surface area contributed by atoms with Gasteiger partial charge in [-0.3, -0.25) is 4.90 Å². The lowest BCUT2D eigenvalue weighted by Gasteiger charge is -2.35. The van der Waals surface area contributed by atoms with Crippen molar-refractivity contribution in [3.63, 3.8) is 0 Å². The molecule has 1 N–H and O–H groups in total. The number of hydrogen-bond acceptors (Lipinski definition) is 4. The van der Waals surface area contributed by atoms with Gasteiger partial charge in [0, 0.05) is 16.3 Å². The second kappa shape index (κ2) is 8.52. The standard InChI is InChI=1S/C25H18ClFN4O2/c1-15-21(24-29-23(30-33-24)17-8-5-9-18(26)14-17)22(16-6-3-2-4-7-16)28-25(32)31(15)20-12-10-19(27)11-13-20/h2-14,22H,1H3,(H,28,32). The van der Waals surface area contributed by atoms with Gasteiger partial charge in [0.05, 0.1) is 17.3 Å². The molecule has 164 valence electrons. The zero-order chi connectivity index (χ0) is 22.9. The minimum atomic E-state index is -0.511. The number of carbonyl (C=O) groups is 1. The van der Waals surface area contributed by atoms with E-state index < -0.39 is 6.04 Å². The van der Waals surface area contributed by atoms with E-state index in [0.29, 0.717) is 33.4 Å². The van der Waals surface area contributed by atoms with Crippen LogP contribution in [0.15, 0.2) is 89.1 Å². The van der Waals surface area contributed by atoms with Gasteiger partial charge < -0.3 is 9.84 Å². The van der Waals surface area contributed by atoms with E-state index in [1.165, 1.54) is 17.0 Å².